The normalized spacial score (nSPS) is 14.2. The van der Waals surface area contributed by atoms with Crippen molar-refractivity contribution in [1.82, 2.24) is 4.98 Å². The van der Waals surface area contributed by atoms with Crippen LogP contribution in [0.3, 0.4) is 0 Å². The van der Waals surface area contributed by atoms with Crippen molar-refractivity contribution in [2.45, 2.75) is 12.3 Å². The highest BCUT2D eigenvalue weighted by Crippen LogP contribution is 2.35. The Bertz CT molecular complexity index is 300. The second kappa shape index (κ2) is 3.21. The summed E-state index contributed by atoms with van der Waals surface area (Å²) >= 11 is 0. The fourth-order valence-corrected chi connectivity index (χ4v) is 0.769. The van der Waals surface area contributed by atoms with Gasteiger partial charge in [-0.15, -0.1) is 0 Å². The molecule has 0 amide bonds. The van der Waals surface area contributed by atoms with Crippen molar-refractivity contribution < 1.29 is 23.4 Å². The third kappa shape index (κ3) is 2.09. The number of rotatable bonds is 2. The van der Waals surface area contributed by atoms with Crippen LogP contribution in [0.2, 0.25) is 0 Å². The first-order valence-corrected chi connectivity index (χ1v) is 3.31. The predicted octanol–water partition coefficient (Wildman–Crippen LogP) is 1.38. The Balaban J connectivity index is 3.02. The van der Waals surface area contributed by atoms with Gasteiger partial charge >= 0.3 is 6.11 Å². The van der Waals surface area contributed by atoms with E-state index >= 15 is 0 Å². The molecule has 0 bridgehead atoms. The van der Waals surface area contributed by atoms with Gasteiger partial charge in [0.25, 0.3) is 0 Å². The van der Waals surface area contributed by atoms with E-state index in [2.05, 4.69) is 4.98 Å². The van der Waals surface area contributed by atoms with Gasteiger partial charge in [-0.2, -0.15) is 8.78 Å². The maximum atomic E-state index is 12.7. The molecule has 2 N–H and O–H groups in total. The van der Waals surface area contributed by atoms with E-state index in [1.54, 1.807) is 0 Å². The van der Waals surface area contributed by atoms with Crippen molar-refractivity contribution in [2.24, 2.45) is 0 Å². The summed E-state index contributed by atoms with van der Waals surface area (Å²) < 4.78 is 36.7. The molecule has 1 unspecified atom stereocenters. The van der Waals surface area contributed by atoms with E-state index in [1.165, 1.54) is 6.07 Å². The summed E-state index contributed by atoms with van der Waals surface area (Å²) in [5.41, 5.74) is -0.880. The number of alkyl halides is 3. The highest BCUT2D eigenvalue weighted by molar-refractivity contribution is 5.27. The molecule has 0 saturated heterocycles. The van der Waals surface area contributed by atoms with E-state index in [1.807, 2.05) is 0 Å². The van der Waals surface area contributed by atoms with Crippen LogP contribution in [0.5, 0.6) is 5.75 Å². The largest absolute Gasteiger partial charge is 0.506 e. The molecule has 72 valence electrons. The average Bonchev–Trinajstić information content (AvgIpc) is 2.02. The molecule has 1 rings (SSSR count). The summed E-state index contributed by atoms with van der Waals surface area (Å²) in [6, 6.07) is 2.25. The molecule has 0 aliphatic heterocycles. The van der Waals surface area contributed by atoms with Crippen molar-refractivity contribution in [3.63, 3.8) is 0 Å². The molecule has 1 heterocycles. The fourth-order valence-electron chi connectivity index (χ4n) is 0.769. The molecule has 1 aromatic rings. The van der Waals surface area contributed by atoms with Gasteiger partial charge in [0.1, 0.15) is 11.4 Å². The lowest BCUT2D eigenvalue weighted by molar-refractivity contribution is -0.244. The molecule has 0 aromatic carbocycles. The quantitative estimate of drug-likeness (QED) is 0.746. The van der Waals surface area contributed by atoms with Crippen LogP contribution >= 0.6 is 0 Å². The highest BCUT2D eigenvalue weighted by atomic mass is 19.3. The number of hydrogen-bond acceptors (Lipinski definition) is 3. The summed E-state index contributed by atoms with van der Waals surface area (Å²) in [5.74, 6) is -0.719. The van der Waals surface area contributed by atoms with E-state index < -0.39 is 23.7 Å². The monoisotopic (exact) mass is 193 g/mol. The van der Waals surface area contributed by atoms with Gasteiger partial charge in [-0.05, 0) is 12.1 Å². The Hall–Kier alpha value is -1.30. The first kappa shape index (κ1) is 9.79. The number of aromatic hydroxyl groups is 1. The van der Waals surface area contributed by atoms with Gasteiger partial charge in [-0.3, -0.25) is 4.98 Å². The summed E-state index contributed by atoms with van der Waals surface area (Å²) in [6.07, 6.45) is -6.52. The van der Waals surface area contributed by atoms with Crippen molar-refractivity contribution in [2.75, 3.05) is 0 Å². The minimum absolute atomic E-state index is 0.719. The Labute approximate surface area is 71.5 Å². The first-order valence-electron chi connectivity index (χ1n) is 3.31. The van der Waals surface area contributed by atoms with Crippen LogP contribution in [0, 0.1) is 0 Å². The summed E-state index contributed by atoms with van der Waals surface area (Å²) in [5, 5.41) is 16.9. The van der Waals surface area contributed by atoms with Gasteiger partial charge in [-0.25, -0.2) is 4.39 Å². The maximum Gasteiger partial charge on any atom is 0.390 e. The average molecular weight is 193 g/mol. The van der Waals surface area contributed by atoms with Crippen LogP contribution in [0.4, 0.5) is 13.2 Å². The van der Waals surface area contributed by atoms with Crippen LogP contribution in [-0.2, 0) is 0 Å². The van der Waals surface area contributed by atoms with Crippen molar-refractivity contribution in [3.05, 3.63) is 24.0 Å². The van der Waals surface area contributed by atoms with Gasteiger partial charge in [-0.1, -0.05) is 0 Å². The lowest BCUT2D eigenvalue weighted by atomic mass is 10.2. The van der Waals surface area contributed by atoms with E-state index in [9.17, 15) is 13.2 Å². The first-order chi connectivity index (χ1) is 5.93. The molecule has 0 aliphatic rings. The van der Waals surface area contributed by atoms with Crippen LogP contribution < -0.4 is 0 Å². The van der Waals surface area contributed by atoms with E-state index in [0.29, 0.717) is 0 Å². The second-order valence-corrected chi connectivity index (χ2v) is 2.36. The van der Waals surface area contributed by atoms with Gasteiger partial charge in [0, 0.05) is 6.20 Å². The second-order valence-electron chi connectivity index (χ2n) is 2.36. The maximum absolute atomic E-state index is 12.7. The molecule has 0 fully saturated rings. The molecule has 1 aromatic heterocycles. The van der Waals surface area contributed by atoms with Crippen molar-refractivity contribution in [1.29, 1.82) is 0 Å². The van der Waals surface area contributed by atoms with Crippen LogP contribution in [-0.4, -0.2) is 21.3 Å². The van der Waals surface area contributed by atoms with Crippen LogP contribution in [0.1, 0.15) is 11.9 Å². The SMILES string of the molecule is Oc1cccnc1C(F)C(O)(F)F. The Morgan fingerprint density at radius 1 is 1.46 bits per heavy atom. The van der Waals surface area contributed by atoms with Gasteiger partial charge in [0.05, 0.1) is 0 Å². The summed E-state index contributed by atoms with van der Waals surface area (Å²) in [7, 11) is 0. The Morgan fingerprint density at radius 3 is 2.54 bits per heavy atom. The molecule has 3 nitrogen and oxygen atoms in total. The number of hydrogen-bond donors (Lipinski definition) is 2. The fraction of sp³-hybridized carbons (Fsp3) is 0.286. The zero-order chi connectivity index (χ0) is 10.1. The van der Waals surface area contributed by atoms with E-state index in [0.717, 1.165) is 12.3 Å². The Morgan fingerprint density at radius 2 is 2.08 bits per heavy atom. The predicted molar refractivity (Wildman–Crippen MR) is 36.9 cm³/mol. The molecule has 0 spiro atoms. The smallest absolute Gasteiger partial charge is 0.390 e. The Kier molecular flexibility index (Phi) is 2.42. The number of aliphatic hydroxyl groups is 1. The lowest BCUT2D eigenvalue weighted by Gasteiger charge is -2.14. The van der Waals surface area contributed by atoms with Gasteiger partial charge in [0.15, 0.2) is 0 Å². The summed E-state index contributed by atoms with van der Waals surface area (Å²) in [4.78, 5) is 3.18. The molecular formula is C7H6F3NO2. The highest BCUT2D eigenvalue weighted by Gasteiger charge is 2.41. The van der Waals surface area contributed by atoms with Crippen LogP contribution in [0.15, 0.2) is 18.3 Å². The van der Waals surface area contributed by atoms with Crippen LogP contribution in [0.25, 0.3) is 0 Å². The van der Waals surface area contributed by atoms with Gasteiger partial charge in [0.2, 0.25) is 6.17 Å². The third-order valence-corrected chi connectivity index (χ3v) is 1.36. The lowest BCUT2D eigenvalue weighted by Crippen LogP contribution is -2.23. The minimum atomic E-state index is -4.54. The standard InChI is InChI=1S/C7H6F3NO2/c8-6(7(9,10)13)5-4(12)2-1-3-11-5/h1-3,6,12-13H. The van der Waals surface area contributed by atoms with Crippen molar-refractivity contribution >= 4 is 0 Å². The molecule has 1 atom stereocenters. The molecule has 13 heavy (non-hydrogen) atoms. The minimum Gasteiger partial charge on any atom is -0.506 e. The molecule has 6 heteroatoms. The summed E-state index contributed by atoms with van der Waals surface area (Å²) in [6.45, 7) is 0. The number of pyridine rings is 1. The van der Waals surface area contributed by atoms with Crippen molar-refractivity contribution in [3.8, 4) is 5.75 Å². The molecule has 0 radical (unpaired) electrons. The van der Waals surface area contributed by atoms with E-state index in [4.69, 9.17) is 10.2 Å². The molecular weight excluding hydrogens is 187 g/mol. The molecule has 0 saturated carbocycles. The topological polar surface area (TPSA) is 53.4 Å². The third-order valence-electron chi connectivity index (χ3n) is 1.36. The zero-order valence-electron chi connectivity index (χ0n) is 6.28. The number of aromatic nitrogens is 1. The zero-order valence-corrected chi connectivity index (χ0v) is 6.28. The number of nitrogens with zero attached hydrogens (tertiary/aromatic N) is 1. The number of halogens is 3. The van der Waals surface area contributed by atoms with E-state index in [-0.39, 0.29) is 0 Å². The molecule has 0 aliphatic carbocycles. The van der Waals surface area contributed by atoms with Gasteiger partial charge < -0.3 is 10.2 Å².